The van der Waals surface area contributed by atoms with Gasteiger partial charge >= 0.3 is 12.0 Å². The van der Waals surface area contributed by atoms with Gasteiger partial charge in [0, 0.05) is 17.1 Å². The van der Waals surface area contributed by atoms with E-state index in [1.807, 2.05) is 0 Å². The summed E-state index contributed by atoms with van der Waals surface area (Å²) in [6.07, 6.45) is 2.17. The van der Waals surface area contributed by atoms with Crippen LogP contribution in [-0.2, 0) is 4.79 Å². The summed E-state index contributed by atoms with van der Waals surface area (Å²) in [5.74, 6) is -1.15. The fourth-order valence-electron chi connectivity index (χ4n) is 1.85. The standard InChI is InChI=1S/C14H17ClN2O3/c1-14(6-7-14)8-16-13(20)17-11(12(18)19)9-4-2-3-5-10(9)15/h2-5,11H,6-8H2,1H3,(H,18,19)(H2,16,17,20)/t11-/m1/s1. The van der Waals surface area contributed by atoms with Gasteiger partial charge in [0.2, 0.25) is 0 Å². The smallest absolute Gasteiger partial charge is 0.331 e. The van der Waals surface area contributed by atoms with Crippen LogP contribution in [0.15, 0.2) is 24.3 Å². The third-order valence-corrected chi connectivity index (χ3v) is 3.86. The van der Waals surface area contributed by atoms with Crippen LogP contribution in [0.4, 0.5) is 4.79 Å². The molecule has 1 saturated carbocycles. The average Bonchev–Trinajstić information content (AvgIpc) is 3.13. The number of carbonyl (C=O) groups excluding carboxylic acids is 1. The highest BCUT2D eigenvalue weighted by molar-refractivity contribution is 6.31. The highest BCUT2D eigenvalue weighted by Crippen LogP contribution is 2.44. The molecule has 1 atom stereocenters. The molecule has 5 nitrogen and oxygen atoms in total. The molecule has 0 aromatic heterocycles. The zero-order valence-electron chi connectivity index (χ0n) is 11.1. The predicted octanol–water partition coefficient (Wildman–Crippen LogP) is 2.57. The maximum absolute atomic E-state index is 11.8. The van der Waals surface area contributed by atoms with E-state index in [4.69, 9.17) is 11.6 Å². The van der Waals surface area contributed by atoms with Gasteiger partial charge in [0.25, 0.3) is 0 Å². The molecule has 2 amide bonds. The second-order valence-electron chi connectivity index (χ2n) is 5.43. The number of carboxylic acid groups (broad SMARTS) is 1. The van der Waals surface area contributed by atoms with Crippen LogP contribution in [0.3, 0.4) is 0 Å². The number of hydrogen-bond acceptors (Lipinski definition) is 2. The molecule has 0 bridgehead atoms. The molecule has 0 radical (unpaired) electrons. The fraction of sp³-hybridized carbons (Fsp3) is 0.429. The highest BCUT2D eigenvalue weighted by Gasteiger charge is 2.37. The first-order valence-electron chi connectivity index (χ1n) is 6.43. The predicted molar refractivity (Wildman–Crippen MR) is 75.7 cm³/mol. The lowest BCUT2D eigenvalue weighted by Crippen LogP contribution is -2.42. The van der Waals surface area contributed by atoms with Crippen LogP contribution < -0.4 is 10.6 Å². The van der Waals surface area contributed by atoms with Crippen LogP contribution in [0.5, 0.6) is 0 Å². The van der Waals surface area contributed by atoms with E-state index in [2.05, 4.69) is 17.6 Å². The van der Waals surface area contributed by atoms with Gasteiger partial charge in [-0.3, -0.25) is 0 Å². The molecule has 3 N–H and O–H groups in total. The number of rotatable bonds is 5. The van der Waals surface area contributed by atoms with Crippen molar-refractivity contribution in [1.82, 2.24) is 10.6 Å². The first-order chi connectivity index (χ1) is 9.41. The second kappa shape index (κ2) is 5.71. The van der Waals surface area contributed by atoms with Crippen molar-refractivity contribution in [2.75, 3.05) is 6.54 Å². The Bertz CT molecular complexity index is 529. The molecule has 0 spiro atoms. The fourth-order valence-corrected chi connectivity index (χ4v) is 2.09. The van der Waals surface area contributed by atoms with Gasteiger partial charge in [-0.05, 0) is 24.3 Å². The number of urea groups is 1. The summed E-state index contributed by atoms with van der Waals surface area (Å²) in [6, 6.07) is 4.92. The normalized spacial score (nSPS) is 17.1. The van der Waals surface area contributed by atoms with Crippen molar-refractivity contribution in [3.8, 4) is 0 Å². The molecule has 108 valence electrons. The van der Waals surface area contributed by atoms with Crippen LogP contribution in [0.1, 0.15) is 31.4 Å². The Hall–Kier alpha value is -1.75. The maximum atomic E-state index is 11.8. The maximum Gasteiger partial charge on any atom is 0.331 e. The van der Waals surface area contributed by atoms with E-state index in [0.717, 1.165) is 12.8 Å². The van der Waals surface area contributed by atoms with Crippen molar-refractivity contribution < 1.29 is 14.7 Å². The number of carboxylic acids is 1. The van der Waals surface area contributed by atoms with Gasteiger partial charge in [0.1, 0.15) is 0 Å². The van der Waals surface area contributed by atoms with Crippen molar-refractivity contribution in [2.45, 2.75) is 25.8 Å². The summed E-state index contributed by atoms with van der Waals surface area (Å²) < 4.78 is 0. The van der Waals surface area contributed by atoms with Crippen LogP contribution in [0.25, 0.3) is 0 Å². The lowest BCUT2D eigenvalue weighted by molar-refractivity contribution is -0.139. The quantitative estimate of drug-likeness (QED) is 0.781. The first kappa shape index (κ1) is 14.7. The van der Waals surface area contributed by atoms with E-state index in [1.165, 1.54) is 0 Å². The molecular weight excluding hydrogens is 280 g/mol. The van der Waals surface area contributed by atoms with E-state index < -0.39 is 18.0 Å². The van der Waals surface area contributed by atoms with Crippen LogP contribution >= 0.6 is 11.6 Å². The first-order valence-corrected chi connectivity index (χ1v) is 6.81. The molecule has 1 fully saturated rings. The van der Waals surface area contributed by atoms with Crippen LogP contribution in [-0.4, -0.2) is 23.7 Å². The number of aliphatic carboxylic acids is 1. The molecule has 1 aromatic carbocycles. The van der Waals surface area contributed by atoms with Crippen molar-refractivity contribution >= 4 is 23.6 Å². The summed E-state index contributed by atoms with van der Waals surface area (Å²) in [7, 11) is 0. The minimum absolute atomic E-state index is 0.167. The average molecular weight is 297 g/mol. The van der Waals surface area contributed by atoms with Gasteiger partial charge in [-0.15, -0.1) is 0 Å². The van der Waals surface area contributed by atoms with Crippen LogP contribution in [0.2, 0.25) is 5.02 Å². The number of halogens is 1. The van der Waals surface area contributed by atoms with Gasteiger partial charge in [0.15, 0.2) is 6.04 Å². The Morgan fingerprint density at radius 3 is 2.60 bits per heavy atom. The topological polar surface area (TPSA) is 78.4 Å². The molecule has 0 unspecified atom stereocenters. The van der Waals surface area contributed by atoms with E-state index in [-0.39, 0.29) is 5.41 Å². The minimum Gasteiger partial charge on any atom is -0.479 e. The number of hydrogen-bond donors (Lipinski definition) is 3. The van der Waals surface area contributed by atoms with Crippen LogP contribution in [0, 0.1) is 5.41 Å². The zero-order chi connectivity index (χ0) is 14.8. The third-order valence-electron chi connectivity index (χ3n) is 3.52. The molecule has 20 heavy (non-hydrogen) atoms. The minimum atomic E-state index is -1.16. The Kier molecular flexibility index (Phi) is 4.18. The number of benzene rings is 1. The summed E-state index contributed by atoms with van der Waals surface area (Å²) in [4.78, 5) is 23.1. The monoisotopic (exact) mass is 296 g/mol. The summed E-state index contributed by atoms with van der Waals surface area (Å²) in [5, 5.41) is 14.7. The second-order valence-corrected chi connectivity index (χ2v) is 5.84. The number of carbonyl (C=O) groups is 2. The molecule has 1 aliphatic rings. The molecular formula is C14H17ClN2O3. The lowest BCUT2D eigenvalue weighted by atomic mass is 10.1. The Morgan fingerprint density at radius 2 is 2.05 bits per heavy atom. The van der Waals surface area contributed by atoms with Crippen molar-refractivity contribution in [1.29, 1.82) is 0 Å². The summed E-state index contributed by atoms with van der Waals surface area (Å²) >= 11 is 5.97. The molecule has 0 aliphatic heterocycles. The molecule has 0 saturated heterocycles. The molecule has 2 rings (SSSR count). The SMILES string of the molecule is CC1(CNC(=O)N[C@@H](C(=O)O)c2ccccc2Cl)CC1. The largest absolute Gasteiger partial charge is 0.479 e. The zero-order valence-corrected chi connectivity index (χ0v) is 11.9. The highest BCUT2D eigenvalue weighted by atomic mass is 35.5. The molecule has 6 heteroatoms. The van der Waals surface area contributed by atoms with E-state index in [1.54, 1.807) is 24.3 Å². The van der Waals surface area contributed by atoms with Crippen molar-refractivity contribution in [3.05, 3.63) is 34.9 Å². The number of nitrogens with one attached hydrogen (secondary N) is 2. The van der Waals surface area contributed by atoms with Crippen molar-refractivity contribution in [3.63, 3.8) is 0 Å². The summed E-state index contributed by atoms with van der Waals surface area (Å²) in [6.45, 7) is 2.63. The van der Waals surface area contributed by atoms with Gasteiger partial charge in [-0.1, -0.05) is 36.7 Å². The van der Waals surface area contributed by atoms with Gasteiger partial charge in [-0.25, -0.2) is 9.59 Å². The molecule has 1 aliphatic carbocycles. The van der Waals surface area contributed by atoms with E-state index in [0.29, 0.717) is 17.1 Å². The van der Waals surface area contributed by atoms with Crippen molar-refractivity contribution in [2.24, 2.45) is 5.41 Å². The van der Waals surface area contributed by atoms with E-state index in [9.17, 15) is 14.7 Å². The number of amides is 2. The van der Waals surface area contributed by atoms with Gasteiger partial charge in [0.05, 0.1) is 0 Å². The van der Waals surface area contributed by atoms with Gasteiger partial charge < -0.3 is 15.7 Å². The lowest BCUT2D eigenvalue weighted by Gasteiger charge is -2.17. The Balaban J connectivity index is 2.00. The molecule has 0 heterocycles. The van der Waals surface area contributed by atoms with E-state index >= 15 is 0 Å². The Morgan fingerprint density at radius 1 is 1.40 bits per heavy atom. The third kappa shape index (κ3) is 3.63. The Labute approximate surface area is 122 Å². The molecule has 1 aromatic rings. The van der Waals surface area contributed by atoms with Gasteiger partial charge in [-0.2, -0.15) is 0 Å². The summed E-state index contributed by atoms with van der Waals surface area (Å²) in [5.41, 5.74) is 0.537.